The Hall–Kier alpha value is -3.54. The van der Waals surface area contributed by atoms with Gasteiger partial charge in [0.25, 0.3) is 0 Å². The Morgan fingerprint density at radius 2 is 1.14 bits per heavy atom. The van der Waals surface area contributed by atoms with E-state index in [2.05, 4.69) is 10.6 Å². The fourth-order valence-corrected chi connectivity index (χ4v) is 2.60. The zero-order chi connectivity index (χ0) is 20.5. The standard InChI is InChI=1S/C22H24N2O4/c1-5-7-21(25)23-17-11-9-15(13-19(17)27-3)16-10-12-18(20(14-16)28-4)24-22(26)8-6-2/h5-14H,1-4H3,(H,23,25)(H,24,26)/b7-5+,8-6+. The molecule has 2 aromatic carbocycles. The predicted octanol–water partition coefficient (Wildman–Crippen LogP) is 4.40. The summed E-state index contributed by atoms with van der Waals surface area (Å²) in [7, 11) is 3.09. The molecule has 0 aliphatic heterocycles. The molecule has 2 rings (SSSR count). The number of ether oxygens (including phenoxy) is 2. The van der Waals surface area contributed by atoms with Crippen LogP contribution in [0, 0.1) is 0 Å². The quantitative estimate of drug-likeness (QED) is 0.698. The number of amides is 2. The van der Waals surface area contributed by atoms with Crippen molar-refractivity contribution in [1.29, 1.82) is 0 Å². The molecule has 28 heavy (non-hydrogen) atoms. The Bertz CT molecular complexity index is 841. The third kappa shape index (κ3) is 5.23. The Labute approximate surface area is 164 Å². The van der Waals surface area contributed by atoms with Gasteiger partial charge in [0.2, 0.25) is 11.8 Å². The molecule has 0 heterocycles. The van der Waals surface area contributed by atoms with Gasteiger partial charge in [-0.2, -0.15) is 0 Å². The number of hydrogen-bond acceptors (Lipinski definition) is 4. The van der Waals surface area contributed by atoms with Crippen LogP contribution in [0.1, 0.15) is 13.8 Å². The van der Waals surface area contributed by atoms with Crippen LogP contribution in [0.5, 0.6) is 11.5 Å². The molecule has 2 aromatic rings. The molecule has 0 aromatic heterocycles. The zero-order valence-electron chi connectivity index (χ0n) is 16.4. The molecule has 0 aliphatic carbocycles. The van der Waals surface area contributed by atoms with Gasteiger partial charge in [0.15, 0.2) is 0 Å². The number of methoxy groups -OCH3 is 2. The van der Waals surface area contributed by atoms with Crippen molar-refractivity contribution in [3.8, 4) is 22.6 Å². The molecule has 0 spiro atoms. The molecule has 6 nitrogen and oxygen atoms in total. The topological polar surface area (TPSA) is 76.7 Å². The van der Waals surface area contributed by atoms with Crippen LogP contribution in [0.15, 0.2) is 60.7 Å². The van der Waals surface area contributed by atoms with Crippen LogP contribution >= 0.6 is 0 Å². The fourth-order valence-electron chi connectivity index (χ4n) is 2.60. The van der Waals surface area contributed by atoms with Crippen LogP contribution in [0.25, 0.3) is 11.1 Å². The number of carbonyl (C=O) groups is 2. The molecule has 0 fully saturated rings. The van der Waals surface area contributed by atoms with Gasteiger partial charge in [0.05, 0.1) is 25.6 Å². The minimum absolute atomic E-state index is 0.226. The average molecular weight is 380 g/mol. The lowest BCUT2D eigenvalue weighted by Gasteiger charge is -2.14. The van der Waals surface area contributed by atoms with Crippen molar-refractivity contribution in [2.24, 2.45) is 0 Å². The number of hydrogen-bond donors (Lipinski definition) is 2. The maximum atomic E-state index is 11.8. The van der Waals surface area contributed by atoms with E-state index in [1.54, 1.807) is 52.4 Å². The zero-order valence-corrected chi connectivity index (χ0v) is 16.4. The molecule has 0 bridgehead atoms. The molecule has 146 valence electrons. The van der Waals surface area contributed by atoms with E-state index in [0.29, 0.717) is 22.9 Å². The lowest BCUT2D eigenvalue weighted by molar-refractivity contribution is -0.112. The second-order valence-electron chi connectivity index (χ2n) is 5.81. The second-order valence-corrected chi connectivity index (χ2v) is 5.81. The molecule has 0 atom stereocenters. The van der Waals surface area contributed by atoms with Gasteiger partial charge >= 0.3 is 0 Å². The van der Waals surface area contributed by atoms with Crippen molar-refractivity contribution >= 4 is 23.2 Å². The van der Waals surface area contributed by atoms with Gasteiger partial charge in [-0.25, -0.2) is 0 Å². The minimum Gasteiger partial charge on any atom is -0.495 e. The van der Waals surface area contributed by atoms with Gasteiger partial charge in [-0.3, -0.25) is 9.59 Å². The summed E-state index contributed by atoms with van der Waals surface area (Å²) in [5, 5.41) is 5.55. The molecule has 0 radical (unpaired) electrons. The number of rotatable bonds is 7. The predicted molar refractivity (Wildman–Crippen MR) is 112 cm³/mol. The highest BCUT2D eigenvalue weighted by Gasteiger charge is 2.11. The van der Waals surface area contributed by atoms with Gasteiger partial charge in [0, 0.05) is 0 Å². The van der Waals surface area contributed by atoms with Gasteiger partial charge in [-0.05, 0) is 61.4 Å². The SMILES string of the molecule is C/C=C/C(=O)Nc1ccc(-c2ccc(NC(=O)/C=C/C)c(OC)c2)cc1OC. The summed E-state index contributed by atoms with van der Waals surface area (Å²) in [6.45, 7) is 3.55. The lowest BCUT2D eigenvalue weighted by Crippen LogP contribution is -2.09. The molecule has 2 amide bonds. The smallest absolute Gasteiger partial charge is 0.248 e. The Morgan fingerprint density at radius 3 is 1.46 bits per heavy atom. The molecule has 0 saturated carbocycles. The number of anilines is 2. The lowest BCUT2D eigenvalue weighted by atomic mass is 10.0. The number of allylic oxidation sites excluding steroid dienone is 2. The number of nitrogens with one attached hydrogen (secondary N) is 2. The van der Waals surface area contributed by atoms with Crippen LogP contribution in [0.2, 0.25) is 0 Å². The largest absolute Gasteiger partial charge is 0.495 e. The minimum atomic E-state index is -0.226. The fraction of sp³-hybridized carbons (Fsp3) is 0.182. The summed E-state index contributed by atoms with van der Waals surface area (Å²) >= 11 is 0. The maximum absolute atomic E-state index is 11.8. The van der Waals surface area contributed by atoms with Crippen LogP contribution < -0.4 is 20.1 Å². The van der Waals surface area contributed by atoms with E-state index in [4.69, 9.17) is 9.47 Å². The first-order valence-corrected chi connectivity index (χ1v) is 8.76. The molecular weight excluding hydrogens is 356 g/mol. The summed E-state index contributed by atoms with van der Waals surface area (Å²) in [6.07, 6.45) is 6.22. The molecule has 0 saturated heterocycles. The molecular formula is C22H24N2O4. The third-order valence-corrected chi connectivity index (χ3v) is 3.89. The summed E-state index contributed by atoms with van der Waals surface area (Å²) in [6, 6.07) is 11.0. The van der Waals surface area contributed by atoms with E-state index >= 15 is 0 Å². The first kappa shape index (κ1) is 20.8. The molecule has 6 heteroatoms. The van der Waals surface area contributed by atoms with Gasteiger partial charge in [-0.15, -0.1) is 0 Å². The summed E-state index contributed by atoms with van der Waals surface area (Å²) in [4.78, 5) is 23.6. The van der Waals surface area contributed by atoms with Crippen molar-refractivity contribution in [1.82, 2.24) is 0 Å². The van der Waals surface area contributed by atoms with E-state index in [1.807, 2.05) is 24.3 Å². The average Bonchev–Trinajstić information content (AvgIpc) is 2.69. The van der Waals surface area contributed by atoms with Crippen molar-refractivity contribution in [2.45, 2.75) is 13.8 Å². The van der Waals surface area contributed by atoms with Crippen molar-refractivity contribution < 1.29 is 19.1 Å². The Morgan fingerprint density at radius 1 is 0.750 bits per heavy atom. The van der Waals surface area contributed by atoms with Gasteiger partial charge in [0.1, 0.15) is 11.5 Å². The van der Waals surface area contributed by atoms with E-state index in [9.17, 15) is 9.59 Å². The number of benzene rings is 2. The maximum Gasteiger partial charge on any atom is 0.248 e. The van der Waals surface area contributed by atoms with E-state index < -0.39 is 0 Å². The van der Waals surface area contributed by atoms with E-state index in [0.717, 1.165) is 11.1 Å². The van der Waals surface area contributed by atoms with Crippen molar-refractivity contribution in [2.75, 3.05) is 24.9 Å². The number of carbonyl (C=O) groups excluding carboxylic acids is 2. The first-order valence-electron chi connectivity index (χ1n) is 8.76. The monoisotopic (exact) mass is 380 g/mol. The Balaban J connectivity index is 2.34. The van der Waals surface area contributed by atoms with Crippen LogP contribution in [-0.4, -0.2) is 26.0 Å². The van der Waals surface area contributed by atoms with Crippen LogP contribution in [-0.2, 0) is 9.59 Å². The van der Waals surface area contributed by atoms with E-state index in [1.165, 1.54) is 12.2 Å². The first-order chi connectivity index (χ1) is 13.5. The van der Waals surface area contributed by atoms with Crippen LogP contribution in [0.4, 0.5) is 11.4 Å². The molecule has 0 aliphatic rings. The van der Waals surface area contributed by atoms with Gasteiger partial charge in [-0.1, -0.05) is 24.3 Å². The summed E-state index contributed by atoms with van der Waals surface area (Å²) in [5.74, 6) is 0.632. The Kier molecular flexibility index (Phi) is 7.39. The highest BCUT2D eigenvalue weighted by molar-refractivity contribution is 6.01. The summed E-state index contributed by atoms with van der Waals surface area (Å²) < 4.78 is 10.8. The molecule has 2 N–H and O–H groups in total. The van der Waals surface area contributed by atoms with Gasteiger partial charge < -0.3 is 20.1 Å². The van der Waals surface area contributed by atoms with E-state index in [-0.39, 0.29) is 11.8 Å². The normalized spacial score (nSPS) is 10.9. The highest BCUT2D eigenvalue weighted by atomic mass is 16.5. The van der Waals surface area contributed by atoms with Crippen molar-refractivity contribution in [3.05, 3.63) is 60.7 Å². The van der Waals surface area contributed by atoms with Crippen LogP contribution in [0.3, 0.4) is 0 Å². The second kappa shape index (κ2) is 9.97. The highest BCUT2D eigenvalue weighted by Crippen LogP contribution is 2.35. The summed E-state index contributed by atoms with van der Waals surface area (Å²) in [5.41, 5.74) is 2.92. The van der Waals surface area contributed by atoms with Crippen molar-refractivity contribution in [3.63, 3.8) is 0 Å². The third-order valence-electron chi connectivity index (χ3n) is 3.89. The molecule has 0 unspecified atom stereocenters.